The normalized spacial score (nSPS) is 32.2. The molecular weight excluding hydrogens is 136 g/mol. The number of ether oxygens (including phenoxy) is 1. The van der Waals surface area contributed by atoms with Crippen molar-refractivity contribution in [2.75, 3.05) is 13.7 Å². The van der Waals surface area contributed by atoms with E-state index in [0.717, 1.165) is 18.4 Å². The molecule has 0 unspecified atom stereocenters. The average molecular weight is 156 g/mol. The molecule has 0 aromatic heterocycles. The van der Waals surface area contributed by atoms with Gasteiger partial charge in [0, 0.05) is 13.7 Å². The van der Waals surface area contributed by atoms with Gasteiger partial charge in [0.2, 0.25) is 0 Å². The number of rotatable bonds is 3. The molecular formula is C10H20O. The zero-order valence-electron chi connectivity index (χ0n) is 7.81. The second-order valence-electron chi connectivity index (χ2n) is 3.75. The van der Waals surface area contributed by atoms with E-state index in [1.807, 2.05) is 7.11 Å². The molecule has 1 aliphatic rings. The third-order valence-corrected chi connectivity index (χ3v) is 2.95. The fourth-order valence-electron chi connectivity index (χ4n) is 2.04. The van der Waals surface area contributed by atoms with Gasteiger partial charge in [0.25, 0.3) is 0 Å². The monoisotopic (exact) mass is 156 g/mol. The largest absolute Gasteiger partial charge is 0.384 e. The van der Waals surface area contributed by atoms with Crippen molar-refractivity contribution in [2.24, 2.45) is 11.8 Å². The highest BCUT2D eigenvalue weighted by Crippen LogP contribution is 2.30. The number of hydrogen-bond donors (Lipinski definition) is 0. The van der Waals surface area contributed by atoms with Crippen molar-refractivity contribution in [3.63, 3.8) is 0 Å². The Hall–Kier alpha value is -0.0400. The van der Waals surface area contributed by atoms with Crippen molar-refractivity contribution in [2.45, 2.75) is 39.0 Å². The zero-order chi connectivity index (χ0) is 8.10. The van der Waals surface area contributed by atoms with Crippen LogP contribution in [0.15, 0.2) is 0 Å². The van der Waals surface area contributed by atoms with E-state index in [9.17, 15) is 0 Å². The number of methoxy groups -OCH3 is 1. The van der Waals surface area contributed by atoms with Crippen LogP contribution in [0.5, 0.6) is 0 Å². The van der Waals surface area contributed by atoms with Crippen molar-refractivity contribution in [3.8, 4) is 0 Å². The molecule has 1 fully saturated rings. The molecule has 66 valence electrons. The molecule has 1 heteroatoms. The van der Waals surface area contributed by atoms with E-state index in [0.29, 0.717) is 0 Å². The van der Waals surface area contributed by atoms with Crippen LogP contribution in [0.3, 0.4) is 0 Å². The Morgan fingerprint density at radius 3 is 2.09 bits per heavy atom. The van der Waals surface area contributed by atoms with Crippen LogP contribution >= 0.6 is 0 Å². The minimum atomic E-state index is 0.864. The molecule has 1 rings (SSSR count). The van der Waals surface area contributed by atoms with Gasteiger partial charge in [-0.15, -0.1) is 0 Å². The summed E-state index contributed by atoms with van der Waals surface area (Å²) < 4.78 is 5.15. The fraction of sp³-hybridized carbons (Fsp3) is 1.00. The van der Waals surface area contributed by atoms with Gasteiger partial charge in [0.15, 0.2) is 0 Å². The molecule has 0 aromatic carbocycles. The van der Waals surface area contributed by atoms with Crippen LogP contribution in [0, 0.1) is 11.8 Å². The van der Waals surface area contributed by atoms with Crippen molar-refractivity contribution in [1.82, 2.24) is 0 Å². The molecule has 0 aliphatic heterocycles. The van der Waals surface area contributed by atoms with E-state index in [4.69, 9.17) is 4.74 Å². The smallest absolute Gasteiger partial charge is 0.0490 e. The standard InChI is InChI=1S/C10H20O/c1-3-9-4-6-10(7-5-9)8-11-2/h9-10H,3-8H2,1-2H3/t9-,10-. The molecule has 0 aromatic rings. The van der Waals surface area contributed by atoms with Gasteiger partial charge in [-0.2, -0.15) is 0 Å². The highest BCUT2D eigenvalue weighted by atomic mass is 16.5. The second kappa shape index (κ2) is 4.76. The van der Waals surface area contributed by atoms with Crippen LogP contribution in [-0.4, -0.2) is 13.7 Å². The minimum absolute atomic E-state index is 0.864. The summed E-state index contributed by atoms with van der Waals surface area (Å²) in [5.74, 6) is 1.88. The van der Waals surface area contributed by atoms with Gasteiger partial charge < -0.3 is 4.74 Å². The topological polar surface area (TPSA) is 9.23 Å². The molecule has 0 N–H and O–H groups in total. The van der Waals surface area contributed by atoms with Gasteiger partial charge in [-0.3, -0.25) is 0 Å². The fourth-order valence-corrected chi connectivity index (χ4v) is 2.04. The Morgan fingerprint density at radius 1 is 1.09 bits per heavy atom. The van der Waals surface area contributed by atoms with Crippen LogP contribution < -0.4 is 0 Å². The van der Waals surface area contributed by atoms with Crippen molar-refractivity contribution in [3.05, 3.63) is 0 Å². The molecule has 1 aliphatic carbocycles. The first-order chi connectivity index (χ1) is 5.36. The van der Waals surface area contributed by atoms with E-state index in [1.165, 1.54) is 32.1 Å². The van der Waals surface area contributed by atoms with Crippen LogP contribution in [-0.2, 0) is 4.74 Å². The predicted octanol–water partition coefficient (Wildman–Crippen LogP) is 2.85. The summed E-state index contributed by atoms with van der Waals surface area (Å²) in [6, 6.07) is 0. The third kappa shape index (κ3) is 2.82. The Morgan fingerprint density at radius 2 is 1.64 bits per heavy atom. The van der Waals surface area contributed by atoms with Gasteiger partial charge in [-0.1, -0.05) is 26.2 Å². The maximum absolute atomic E-state index is 5.15. The summed E-state index contributed by atoms with van der Waals surface area (Å²) in [7, 11) is 1.81. The van der Waals surface area contributed by atoms with Gasteiger partial charge in [-0.25, -0.2) is 0 Å². The molecule has 0 spiro atoms. The highest BCUT2D eigenvalue weighted by molar-refractivity contribution is 4.71. The predicted molar refractivity (Wildman–Crippen MR) is 47.6 cm³/mol. The Balaban J connectivity index is 2.14. The van der Waals surface area contributed by atoms with E-state index in [1.54, 1.807) is 0 Å². The molecule has 0 radical (unpaired) electrons. The molecule has 0 amide bonds. The van der Waals surface area contributed by atoms with Crippen LogP contribution in [0.25, 0.3) is 0 Å². The number of hydrogen-bond acceptors (Lipinski definition) is 1. The molecule has 0 bridgehead atoms. The van der Waals surface area contributed by atoms with Crippen molar-refractivity contribution in [1.29, 1.82) is 0 Å². The van der Waals surface area contributed by atoms with Crippen LogP contribution in [0.1, 0.15) is 39.0 Å². The van der Waals surface area contributed by atoms with Crippen molar-refractivity contribution >= 4 is 0 Å². The summed E-state index contributed by atoms with van der Waals surface area (Å²) in [6.45, 7) is 3.29. The van der Waals surface area contributed by atoms with Crippen molar-refractivity contribution < 1.29 is 4.74 Å². The van der Waals surface area contributed by atoms with Gasteiger partial charge >= 0.3 is 0 Å². The van der Waals surface area contributed by atoms with E-state index >= 15 is 0 Å². The molecule has 0 heterocycles. The van der Waals surface area contributed by atoms with Crippen LogP contribution in [0.4, 0.5) is 0 Å². The Kier molecular flexibility index (Phi) is 3.92. The molecule has 1 nitrogen and oxygen atoms in total. The lowest BCUT2D eigenvalue weighted by atomic mass is 9.81. The molecule has 11 heavy (non-hydrogen) atoms. The first-order valence-corrected chi connectivity index (χ1v) is 4.85. The lowest BCUT2D eigenvalue weighted by Gasteiger charge is -2.26. The minimum Gasteiger partial charge on any atom is -0.384 e. The van der Waals surface area contributed by atoms with Gasteiger partial charge in [0.1, 0.15) is 0 Å². The summed E-state index contributed by atoms with van der Waals surface area (Å²) in [6.07, 6.45) is 7.04. The maximum Gasteiger partial charge on any atom is 0.0490 e. The summed E-state index contributed by atoms with van der Waals surface area (Å²) in [5.41, 5.74) is 0. The summed E-state index contributed by atoms with van der Waals surface area (Å²) in [5, 5.41) is 0. The van der Waals surface area contributed by atoms with Crippen LogP contribution in [0.2, 0.25) is 0 Å². The Bertz CT molecular complexity index is 93.0. The van der Waals surface area contributed by atoms with E-state index in [2.05, 4.69) is 6.92 Å². The Labute approximate surface area is 70.1 Å². The molecule has 0 atom stereocenters. The van der Waals surface area contributed by atoms with Gasteiger partial charge in [0.05, 0.1) is 0 Å². The lowest BCUT2D eigenvalue weighted by Crippen LogP contribution is -2.17. The maximum atomic E-state index is 5.15. The van der Waals surface area contributed by atoms with Gasteiger partial charge in [-0.05, 0) is 24.7 Å². The molecule has 0 saturated heterocycles. The lowest BCUT2D eigenvalue weighted by molar-refractivity contribution is 0.118. The summed E-state index contributed by atoms with van der Waals surface area (Å²) >= 11 is 0. The molecule has 1 saturated carbocycles. The summed E-state index contributed by atoms with van der Waals surface area (Å²) in [4.78, 5) is 0. The zero-order valence-corrected chi connectivity index (χ0v) is 7.81. The average Bonchev–Trinajstić information content (AvgIpc) is 2.07. The SMILES string of the molecule is CC[C@H]1CC[C@H](COC)CC1. The van der Waals surface area contributed by atoms with E-state index in [-0.39, 0.29) is 0 Å². The highest BCUT2D eigenvalue weighted by Gasteiger charge is 2.19. The quantitative estimate of drug-likeness (QED) is 0.610. The second-order valence-corrected chi connectivity index (χ2v) is 3.75. The van der Waals surface area contributed by atoms with E-state index < -0.39 is 0 Å². The third-order valence-electron chi connectivity index (χ3n) is 2.95. The first-order valence-electron chi connectivity index (χ1n) is 4.85. The first kappa shape index (κ1) is 9.05.